The summed E-state index contributed by atoms with van der Waals surface area (Å²) in [7, 11) is 0. The molecule has 1 atom stereocenters. The van der Waals surface area contributed by atoms with Gasteiger partial charge >= 0.3 is 5.97 Å². The fourth-order valence-electron chi connectivity index (χ4n) is 3.89. The molecule has 180 valence electrons. The Kier molecular flexibility index (Phi) is 9.71. The lowest BCUT2D eigenvalue weighted by atomic mass is 9.93. The van der Waals surface area contributed by atoms with Crippen LogP contribution < -0.4 is 10.2 Å². The summed E-state index contributed by atoms with van der Waals surface area (Å²) in [6, 6.07) is 9.31. The Balaban J connectivity index is 2.61. The molecule has 5 nitrogen and oxygen atoms in total. The van der Waals surface area contributed by atoms with Crippen LogP contribution in [0.25, 0.3) is 0 Å². The summed E-state index contributed by atoms with van der Waals surface area (Å²) in [6.07, 6.45) is 1.01. The zero-order valence-corrected chi connectivity index (χ0v) is 20.7. The van der Waals surface area contributed by atoms with Gasteiger partial charge in [-0.1, -0.05) is 52.6 Å². The Morgan fingerprint density at radius 2 is 1.64 bits per heavy atom. The van der Waals surface area contributed by atoms with E-state index in [4.69, 9.17) is 11.6 Å². The number of carboxylic acid groups (broad SMARTS) is 1. The van der Waals surface area contributed by atoms with Crippen LogP contribution in [-0.4, -0.2) is 30.1 Å². The van der Waals surface area contributed by atoms with E-state index in [-0.39, 0.29) is 23.2 Å². The van der Waals surface area contributed by atoms with Crippen LogP contribution in [0.1, 0.15) is 69.3 Å². The smallest absolute Gasteiger partial charge is 0.310 e. The van der Waals surface area contributed by atoms with Gasteiger partial charge in [-0.3, -0.25) is 9.59 Å². The van der Waals surface area contributed by atoms with Crippen molar-refractivity contribution in [2.45, 2.75) is 53.4 Å². The van der Waals surface area contributed by atoms with Crippen LogP contribution >= 0.6 is 11.6 Å². The molecule has 0 radical (unpaired) electrons. The predicted molar refractivity (Wildman–Crippen MR) is 133 cm³/mol. The van der Waals surface area contributed by atoms with Crippen LogP contribution in [0.4, 0.5) is 15.8 Å². The molecule has 0 aromatic heterocycles. The van der Waals surface area contributed by atoms with Crippen molar-refractivity contribution in [2.24, 2.45) is 11.8 Å². The van der Waals surface area contributed by atoms with E-state index in [2.05, 4.69) is 5.32 Å². The lowest BCUT2D eigenvalue weighted by Gasteiger charge is -2.31. The molecule has 1 amide bonds. The van der Waals surface area contributed by atoms with Crippen LogP contribution in [0.3, 0.4) is 0 Å². The topological polar surface area (TPSA) is 69.6 Å². The average Bonchev–Trinajstić information content (AvgIpc) is 2.70. The summed E-state index contributed by atoms with van der Waals surface area (Å²) in [5.74, 6) is -2.30. The zero-order chi connectivity index (χ0) is 24.7. The molecule has 0 saturated carbocycles. The number of benzene rings is 2. The molecule has 33 heavy (non-hydrogen) atoms. The largest absolute Gasteiger partial charge is 0.481 e. The fourth-order valence-corrected chi connectivity index (χ4v) is 4.02. The zero-order valence-electron chi connectivity index (χ0n) is 20.0. The lowest BCUT2D eigenvalue weighted by Crippen LogP contribution is -2.33. The molecule has 2 aromatic rings. The van der Waals surface area contributed by atoms with Crippen LogP contribution in [-0.2, 0) is 4.79 Å². The van der Waals surface area contributed by atoms with Gasteiger partial charge in [0.15, 0.2) is 0 Å². The number of carboxylic acids is 1. The van der Waals surface area contributed by atoms with Crippen LogP contribution in [0.5, 0.6) is 0 Å². The van der Waals surface area contributed by atoms with Crippen molar-refractivity contribution in [3.8, 4) is 0 Å². The first-order chi connectivity index (χ1) is 15.5. The van der Waals surface area contributed by atoms with E-state index in [9.17, 15) is 14.7 Å². The first kappa shape index (κ1) is 26.7. The minimum atomic E-state index is -1.01. The third-order valence-corrected chi connectivity index (χ3v) is 5.46. The molecule has 0 heterocycles. The normalized spacial score (nSPS) is 12.2. The van der Waals surface area contributed by atoms with Gasteiger partial charge in [-0.15, -0.1) is 0 Å². The van der Waals surface area contributed by atoms with Gasteiger partial charge in [0.25, 0.3) is 5.91 Å². The maximum Gasteiger partial charge on any atom is 0.310 e. The SMILES string of the molecule is CCCC(C(=O)O)c1cc(F)c(N(CC(C)C)CC(C)C)c(NC(=O)c2ccc(Cl)cc2)c1. The molecule has 7 heteroatoms. The Morgan fingerprint density at radius 1 is 1.06 bits per heavy atom. The molecule has 0 fully saturated rings. The number of hydrogen-bond donors (Lipinski definition) is 2. The van der Waals surface area contributed by atoms with E-state index >= 15 is 4.39 Å². The molecule has 0 bridgehead atoms. The van der Waals surface area contributed by atoms with Crippen molar-refractivity contribution in [1.82, 2.24) is 0 Å². The number of nitrogens with zero attached hydrogens (tertiary/aromatic N) is 1. The average molecular weight is 477 g/mol. The van der Waals surface area contributed by atoms with Crippen LogP contribution in [0.2, 0.25) is 5.02 Å². The minimum Gasteiger partial charge on any atom is -0.481 e. The second kappa shape index (κ2) is 12.0. The minimum absolute atomic E-state index is 0.259. The molecule has 1 unspecified atom stereocenters. The highest BCUT2D eigenvalue weighted by molar-refractivity contribution is 6.30. The Hall–Kier alpha value is -2.60. The van der Waals surface area contributed by atoms with Gasteiger partial charge in [-0.2, -0.15) is 0 Å². The van der Waals surface area contributed by atoms with Crippen LogP contribution in [0, 0.1) is 17.7 Å². The summed E-state index contributed by atoms with van der Waals surface area (Å²) < 4.78 is 15.6. The highest BCUT2D eigenvalue weighted by Gasteiger charge is 2.26. The van der Waals surface area contributed by atoms with Gasteiger partial charge in [0.05, 0.1) is 17.3 Å². The molecule has 2 N–H and O–H groups in total. The molecular formula is C26H34ClFN2O3. The number of halogens is 2. The molecular weight excluding hydrogens is 443 g/mol. The predicted octanol–water partition coefficient (Wildman–Crippen LogP) is 6.82. The number of hydrogen-bond acceptors (Lipinski definition) is 3. The molecule has 2 rings (SSSR count). The lowest BCUT2D eigenvalue weighted by molar-refractivity contribution is -0.139. The maximum absolute atomic E-state index is 15.6. The van der Waals surface area contributed by atoms with E-state index in [1.54, 1.807) is 30.3 Å². The number of carbonyl (C=O) groups excluding carboxylic acids is 1. The van der Waals surface area contributed by atoms with Crippen molar-refractivity contribution in [3.63, 3.8) is 0 Å². The number of rotatable bonds is 11. The summed E-state index contributed by atoms with van der Waals surface area (Å²) in [5.41, 5.74) is 1.27. The van der Waals surface area contributed by atoms with Crippen molar-refractivity contribution >= 4 is 34.9 Å². The summed E-state index contributed by atoms with van der Waals surface area (Å²) in [6.45, 7) is 11.3. The Bertz CT molecular complexity index is 951. The third-order valence-electron chi connectivity index (χ3n) is 5.21. The third kappa shape index (κ3) is 7.46. The van der Waals surface area contributed by atoms with E-state index in [1.807, 2.05) is 39.5 Å². The monoisotopic (exact) mass is 476 g/mol. The summed E-state index contributed by atoms with van der Waals surface area (Å²) in [5, 5.41) is 13.0. The number of amides is 1. The number of nitrogens with one attached hydrogen (secondary N) is 1. The fraction of sp³-hybridized carbons (Fsp3) is 0.462. The van der Waals surface area contributed by atoms with Gasteiger partial charge in [-0.05, 0) is 60.2 Å². The molecule has 0 spiro atoms. The van der Waals surface area contributed by atoms with E-state index in [0.29, 0.717) is 42.1 Å². The van der Waals surface area contributed by atoms with Gasteiger partial charge in [0.1, 0.15) is 5.82 Å². The van der Waals surface area contributed by atoms with Crippen molar-refractivity contribution in [1.29, 1.82) is 0 Å². The highest BCUT2D eigenvalue weighted by atomic mass is 35.5. The Labute approximate surface area is 200 Å². The van der Waals surface area contributed by atoms with E-state index in [0.717, 1.165) is 0 Å². The molecule has 0 saturated heterocycles. The second-order valence-electron chi connectivity index (χ2n) is 9.23. The van der Waals surface area contributed by atoms with Gasteiger partial charge < -0.3 is 15.3 Å². The Morgan fingerprint density at radius 3 is 2.12 bits per heavy atom. The molecule has 0 aliphatic rings. The van der Waals surface area contributed by atoms with Crippen molar-refractivity contribution in [2.75, 3.05) is 23.3 Å². The second-order valence-corrected chi connectivity index (χ2v) is 9.67. The van der Waals surface area contributed by atoms with Gasteiger partial charge in [-0.25, -0.2) is 4.39 Å². The van der Waals surface area contributed by atoms with Gasteiger partial charge in [0, 0.05) is 23.7 Å². The first-order valence-corrected chi connectivity index (χ1v) is 11.8. The highest BCUT2D eigenvalue weighted by Crippen LogP contribution is 2.36. The molecule has 2 aromatic carbocycles. The number of anilines is 2. The maximum atomic E-state index is 15.6. The first-order valence-electron chi connectivity index (χ1n) is 11.4. The van der Waals surface area contributed by atoms with E-state index < -0.39 is 23.6 Å². The van der Waals surface area contributed by atoms with E-state index in [1.165, 1.54) is 6.07 Å². The van der Waals surface area contributed by atoms with Crippen LogP contribution in [0.15, 0.2) is 36.4 Å². The quantitative estimate of drug-likeness (QED) is 0.373. The number of carbonyl (C=O) groups is 2. The summed E-state index contributed by atoms with van der Waals surface area (Å²) in [4.78, 5) is 26.8. The standard InChI is InChI=1S/C26H34ClFN2O3/c1-6-7-21(26(32)33)19-12-22(28)24(30(14-16(2)3)15-17(4)5)23(13-19)29-25(31)18-8-10-20(27)11-9-18/h8-13,16-17,21H,6-7,14-15H2,1-5H3,(H,29,31)(H,32,33). The summed E-state index contributed by atoms with van der Waals surface area (Å²) >= 11 is 5.93. The van der Waals surface area contributed by atoms with Gasteiger partial charge in [0.2, 0.25) is 0 Å². The molecule has 0 aliphatic carbocycles. The van der Waals surface area contributed by atoms with Crippen molar-refractivity contribution < 1.29 is 19.1 Å². The number of aliphatic carboxylic acids is 1. The van der Waals surface area contributed by atoms with Crippen molar-refractivity contribution in [3.05, 3.63) is 58.4 Å². The molecule has 0 aliphatic heterocycles.